The van der Waals surface area contributed by atoms with Crippen LogP contribution in [0, 0.1) is 5.82 Å². The lowest BCUT2D eigenvalue weighted by Gasteiger charge is -2.17. The van der Waals surface area contributed by atoms with Gasteiger partial charge in [0, 0.05) is 18.2 Å². The van der Waals surface area contributed by atoms with Gasteiger partial charge in [0.25, 0.3) is 6.47 Å². The molecule has 1 aromatic heterocycles. The summed E-state index contributed by atoms with van der Waals surface area (Å²) in [7, 11) is 1.73. The van der Waals surface area contributed by atoms with Crippen molar-refractivity contribution in [2.75, 3.05) is 12.4 Å². The van der Waals surface area contributed by atoms with Crippen LogP contribution >= 0.6 is 0 Å². The maximum atomic E-state index is 13.1. The predicted octanol–water partition coefficient (Wildman–Crippen LogP) is 3.12. The number of hydrogen-bond acceptors (Lipinski definition) is 5. The number of anilines is 1. The van der Waals surface area contributed by atoms with Crippen LogP contribution in [-0.2, 0) is 16.1 Å². The van der Waals surface area contributed by atoms with Crippen LogP contribution in [0.5, 0.6) is 0 Å². The molecule has 116 valence electrons. The molecule has 0 spiro atoms. The van der Waals surface area contributed by atoms with E-state index < -0.39 is 0 Å². The van der Waals surface area contributed by atoms with E-state index in [-0.39, 0.29) is 18.3 Å². The summed E-state index contributed by atoms with van der Waals surface area (Å²) in [5.74, 6) is 0.277. The number of halogens is 1. The molecule has 1 N–H and O–H groups in total. The Labute approximate surface area is 128 Å². The molecule has 0 saturated heterocycles. The monoisotopic (exact) mass is 303 g/mol. The van der Waals surface area contributed by atoms with Gasteiger partial charge in [0.05, 0.1) is 11.4 Å². The number of nitrogens with one attached hydrogen (secondary N) is 1. The van der Waals surface area contributed by atoms with Gasteiger partial charge in [-0.15, -0.1) is 0 Å². The number of nitrogens with zero attached hydrogens (tertiary/aromatic N) is 2. The van der Waals surface area contributed by atoms with Gasteiger partial charge in [-0.1, -0.05) is 13.8 Å². The molecule has 0 amide bonds. The molecule has 1 heterocycles. The summed E-state index contributed by atoms with van der Waals surface area (Å²) in [5, 5.41) is 2.92. The molecule has 6 heteroatoms. The number of carbonyl (C=O) groups excluding carboxylic acids is 1. The molecule has 0 unspecified atom stereocenters. The van der Waals surface area contributed by atoms with Crippen LogP contribution in [-0.4, -0.2) is 23.5 Å². The molecule has 0 atom stereocenters. The number of benzene rings is 1. The van der Waals surface area contributed by atoms with Crippen molar-refractivity contribution in [1.82, 2.24) is 9.97 Å². The zero-order chi connectivity index (χ0) is 16.1. The fourth-order valence-electron chi connectivity index (χ4n) is 2.20. The molecule has 2 rings (SSSR count). The van der Waals surface area contributed by atoms with Gasteiger partial charge in [-0.2, -0.15) is 0 Å². The van der Waals surface area contributed by atoms with Crippen molar-refractivity contribution in [1.29, 1.82) is 0 Å². The first-order valence-corrected chi connectivity index (χ1v) is 6.96. The van der Waals surface area contributed by atoms with Crippen LogP contribution in [0.15, 0.2) is 24.3 Å². The summed E-state index contributed by atoms with van der Waals surface area (Å²) in [6.45, 7) is 4.47. The van der Waals surface area contributed by atoms with Crippen LogP contribution < -0.4 is 5.32 Å². The molecule has 2 aromatic rings. The van der Waals surface area contributed by atoms with Crippen molar-refractivity contribution in [3.63, 3.8) is 0 Å². The van der Waals surface area contributed by atoms with E-state index >= 15 is 0 Å². The lowest BCUT2D eigenvalue weighted by atomic mass is 9.99. The Morgan fingerprint density at radius 2 is 1.95 bits per heavy atom. The van der Waals surface area contributed by atoms with Crippen molar-refractivity contribution in [2.24, 2.45) is 0 Å². The van der Waals surface area contributed by atoms with E-state index in [0.29, 0.717) is 18.1 Å². The van der Waals surface area contributed by atoms with Gasteiger partial charge in [0.15, 0.2) is 0 Å². The average molecular weight is 303 g/mol. The van der Waals surface area contributed by atoms with Gasteiger partial charge in [-0.25, -0.2) is 14.4 Å². The topological polar surface area (TPSA) is 64.1 Å². The fourth-order valence-corrected chi connectivity index (χ4v) is 2.20. The second kappa shape index (κ2) is 6.98. The molecule has 5 nitrogen and oxygen atoms in total. The summed E-state index contributed by atoms with van der Waals surface area (Å²) < 4.78 is 18.1. The highest BCUT2D eigenvalue weighted by Gasteiger charge is 2.18. The standard InChI is InChI=1S/C16H18FN3O2/c1-10(2)14-13(8-22-9-21)15(20-16(18-3)19-14)11-4-6-12(17)7-5-11/h4-7,9-10H,8H2,1-3H3,(H,18,19,20). The second-order valence-electron chi connectivity index (χ2n) is 5.08. The molecule has 0 radical (unpaired) electrons. The number of ether oxygens (including phenoxy) is 1. The molecule has 0 fully saturated rings. The van der Waals surface area contributed by atoms with Crippen molar-refractivity contribution >= 4 is 12.4 Å². The molecule has 1 aromatic carbocycles. The molecular formula is C16H18FN3O2. The largest absolute Gasteiger partial charge is 0.463 e. The van der Waals surface area contributed by atoms with Gasteiger partial charge in [-0.3, -0.25) is 4.79 Å². The second-order valence-corrected chi connectivity index (χ2v) is 5.08. The smallest absolute Gasteiger partial charge is 0.293 e. The minimum atomic E-state index is -0.318. The van der Waals surface area contributed by atoms with Crippen molar-refractivity contribution in [3.05, 3.63) is 41.3 Å². The first-order valence-electron chi connectivity index (χ1n) is 6.96. The summed E-state index contributed by atoms with van der Waals surface area (Å²) in [5.41, 5.74) is 2.89. The Bertz CT molecular complexity index is 657. The number of hydrogen-bond donors (Lipinski definition) is 1. The van der Waals surface area contributed by atoms with E-state index in [9.17, 15) is 9.18 Å². The van der Waals surface area contributed by atoms with Crippen LogP contribution in [0.1, 0.15) is 31.0 Å². The lowest BCUT2D eigenvalue weighted by Crippen LogP contribution is -2.10. The third-order valence-electron chi connectivity index (χ3n) is 3.22. The Kier molecular flexibility index (Phi) is 5.04. The SMILES string of the molecule is CNc1nc(-c2ccc(F)cc2)c(COC=O)c(C(C)C)n1. The Hall–Kier alpha value is -2.50. The number of carbonyl (C=O) groups is 1. The highest BCUT2D eigenvalue weighted by atomic mass is 19.1. The van der Waals surface area contributed by atoms with E-state index in [1.165, 1.54) is 12.1 Å². The van der Waals surface area contributed by atoms with E-state index in [1.807, 2.05) is 13.8 Å². The Morgan fingerprint density at radius 1 is 1.27 bits per heavy atom. The van der Waals surface area contributed by atoms with Crippen LogP contribution in [0.2, 0.25) is 0 Å². The van der Waals surface area contributed by atoms with E-state index in [4.69, 9.17) is 4.74 Å². The van der Waals surface area contributed by atoms with Crippen LogP contribution in [0.25, 0.3) is 11.3 Å². The molecule has 0 aliphatic carbocycles. The maximum absolute atomic E-state index is 13.1. The zero-order valence-corrected chi connectivity index (χ0v) is 12.8. The minimum Gasteiger partial charge on any atom is -0.463 e. The Balaban J connectivity index is 2.64. The van der Waals surface area contributed by atoms with Crippen molar-refractivity contribution in [2.45, 2.75) is 26.4 Å². The molecule has 22 heavy (non-hydrogen) atoms. The van der Waals surface area contributed by atoms with Gasteiger partial charge in [0.2, 0.25) is 5.95 Å². The highest BCUT2D eigenvalue weighted by Crippen LogP contribution is 2.29. The molecular weight excluding hydrogens is 285 g/mol. The Morgan fingerprint density at radius 3 is 2.50 bits per heavy atom. The predicted molar refractivity (Wildman–Crippen MR) is 81.9 cm³/mol. The van der Waals surface area contributed by atoms with E-state index in [0.717, 1.165) is 16.8 Å². The maximum Gasteiger partial charge on any atom is 0.293 e. The van der Waals surface area contributed by atoms with Gasteiger partial charge in [0.1, 0.15) is 12.4 Å². The number of rotatable bonds is 6. The fraction of sp³-hybridized carbons (Fsp3) is 0.312. The van der Waals surface area contributed by atoms with Crippen molar-refractivity contribution < 1.29 is 13.9 Å². The van der Waals surface area contributed by atoms with Crippen molar-refractivity contribution in [3.8, 4) is 11.3 Å². The van der Waals surface area contributed by atoms with Gasteiger partial charge < -0.3 is 10.1 Å². The number of aromatic nitrogens is 2. The first kappa shape index (κ1) is 15.9. The van der Waals surface area contributed by atoms with Crippen LogP contribution in [0.4, 0.5) is 10.3 Å². The van der Waals surface area contributed by atoms with Crippen LogP contribution in [0.3, 0.4) is 0 Å². The van der Waals surface area contributed by atoms with E-state index in [2.05, 4.69) is 15.3 Å². The summed E-state index contributed by atoms with van der Waals surface area (Å²) in [6.07, 6.45) is 0. The third-order valence-corrected chi connectivity index (χ3v) is 3.22. The first-order chi connectivity index (χ1) is 10.6. The third kappa shape index (κ3) is 3.39. The quantitative estimate of drug-likeness (QED) is 0.831. The lowest BCUT2D eigenvalue weighted by molar-refractivity contribution is -0.129. The normalized spacial score (nSPS) is 10.6. The summed E-state index contributed by atoms with van der Waals surface area (Å²) in [4.78, 5) is 19.5. The van der Waals surface area contributed by atoms with Gasteiger partial charge >= 0.3 is 0 Å². The van der Waals surface area contributed by atoms with Gasteiger partial charge in [-0.05, 0) is 30.2 Å². The molecule has 0 aliphatic rings. The molecule has 0 saturated carbocycles. The zero-order valence-electron chi connectivity index (χ0n) is 12.8. The van der Waals surface area contributed by atoms with E-state index in [1.54, 1.807) is 19.2 Å². The summed E-state index contributed by atoms with van der Waals surface area (Å²) in [6, 6.07) is 6.03. The minimum absolute atomic E-state index is 0.0771. The summed E-state index contributed by atoms with van der Waals surface area (Å²) >= 11 is 0. The molecule has 0 bridgehead atoms. The molecule has 0 aliphatic heterocycles. The average Bonchev–Trinajstić information content (AvgIpc) is 2.52. The highest BCUT2D eigenvalue weighted by molar-refractivity contribution is 5.65.